The van der Waals surface area contributed by atoms with Crippen LogP contribution in [-0.2, 0) is 6.42 Å². The van der Waals surface area contributed by atoms with E-state index in [4.69, 9.17) is 0 Å². The SMILES string of the molecule is C[C@H]1C[C@](CC#N)(Cc2ccccc2)[C@@H](C)CN1C. The third kappa shape index (κ3) is 2.98. The summed E-state index contributed by atoms with van der Waals surface area (Å²) in [6, 6.07) is 13.6. The topological polar surface area (TPSA) is 27.0 Å². The molecule has 1 aliphatic rings. The first-order chi connectivity index (χ1) is 9.07. The second-order valence-electron chi connectivity index (χ2n) is 6.25. The Kier molecular flexibility index (Phi) is 4.27. The predicted molar refractivity (Wildman–Crippen MR) is 78.7 cm³/mol. The average Bonchev–Trinajstić information content (AvgIpc) is 2.38. The molecule has 102 valence electrons. The van der Waals surface area contributed by atoms with Gasteiger partial charge < -0.3 is 4.90 Å². The van der Waals surface area contributed by atoms with E-state index in [0.717, 1.165) is 19.4 Å². The average molecular weight is 256 g/mol. The predicted octanol–water partition coefficient (Wildman–Crippen LogP) is 3.49. The number of benzene rings is 1. The second kappa shape index (κ2) is 5.75. The number of rotatable bonds is 3. The van der Waals surface area contributed by atoms with Crippen molar-refractivity contribution in [1.82, 2.24) is 4.90 Å². The Bertz CT molecular complexity index is 448. The highest BCUT2D eigenvalue weighted by atomic mass is 15.1. The van der Waals surface area contributed by atoms with E-state index in [-0.39, 0.29) is 5.41 Å². The molecule has 2 nitrogen and oxygen atoms in total. The lowest BCUT2D eigenvalue weighted by molar-refractivity contribution is 0.0228. The van der Waals surface area contributed by atoms with Crippen LogP contribution in [0.2, 0.25) is 0 Å². The van der Waals surface area contributed by atoms with Crippen molar-refractivity contribution in [3.8, 4) is 6.07 Å². The van der Waals surface area contributed by atoms with Crippen molar-refractivity contribution in [1.29, 1.82) is 5.26 Å². The first kappa shape index (κ1) is 14.1. The first-order valence-electron chi connectivity index (χ1n) is 7.18. The van der Waals surface area contributed by atoms with Gasteiger partial charge in [-0.3, -0.25) is 0 Å². The fraction of sp³-hybridized carbons (Fsp3) is 0.588. The molecule has 1 aromatic rings. The number of hydrogen-bond acceptors (Lipinski definition) is 2. The van der Waals surface area contributed by atoms with E-state index >= 15 is 0 Å². The van der Waals surface area contributed by atoms with Gasteiger partial charge in [-0.25, -0.2) is 0 Å². The van der Waals surface area contributed by atoms with E-state index in [1.165, 1.54) is 5.56 Å². The van der Waals surface area contributed by atoms with Crippen molar-refractivity contribution in [3.63, 3.8) is 0 Å². The molecule has 2 rings (SSSR count). The van der Waals surface area contributed by atoms with Gasteiger partial charge in [0.1, 0.15) is 0 Å². The van der Waals surface area contributed by atoms with Crippen LogP contribution in [0, 0.1) is 22.7 Å². The molecule has 0 amide bonds. The third-order valence-electron chi connectivity index (χ3n) is 4.89. The molecule has 0 spiro atoms. The van der Waals surface area contributed by atoms with Crippen molar-refractivity contribution >= 4 is 0 Å². The summed E-state index contributed by atoms with van der Waals surface area (Å²) in [6.45, 7) is 5.68. The highest BCUT2D eigenvalue weighted by Gasteiger charge is 2.42. The van der Waals surface area contributed by atoms with Gasteiger partial charge in [0.2, 0.25) is 0 Å². The zero-order chi connectivity index (χ0) is 13.9. The summed E-state index contributed by atoms with van der Waals surface area (Å²) in [5, 5.41) is 9.27. The molecule has 0 N–H and O–H groups in total. The summed E-state index contributed by atoms with van der Waals surface area (Å²) in [7, 11) is 2.19. The van der Waals surface area contributed by atoms with Crippen molar-refractivity contribution < 1.29 is 0 Å². The Morgan fingerprint density at radius 1 is 1.32 bits per heavy atom. The molecule has 1 heterocycles. The Balaban J connectivity index is 2.25. The number of nitriles is 1. The van der Waals surface area contributed by atoms with Crippen LogP contribution in [0.15, 0.2) is 30.3 Å². The van der Waals surface area contributed by atoms with Crippen molar-refractivity contribution in [2.24, 2.45) is 11.3 Å². The number of hydrogen-bond donors (Lipinski definition) is 0. The van der Waals surface area contributed by atoms with E-state index in [0.29, 0.717) is 18.4 Å². The van der Waals surface area contributed by atoms with E-state index < -0.39 is 0 Å². The molecule has 1 aromatic carbocycles. The summed E-state index contributed by atoms with van der Waals surface area (Å²) < 4.78 is 0. The maximum Gasteiger partial charge on any atom is 0.0627 e. The standard InChI is InChI=1S/C17H24N2/c1-14-13-19(3)15(2)11-17(14,9-10-18)12-16-7-5-4-6-8-16/h4-8,14-15H,9,11-13H2,1-3H3/t14-,15-,17+/m0/s1. The van der Waals surface area contributed by atoms with Gasteiger partial charge in [-0.2, -0.15) is 5.26 Å². The minimum absolute atomic E-state index is 0.141. The largest absolute Gasteiger partial charge is 0.303 e. The van der Waals surface area contributed by atoms with E-state index in [1.807, 2.05) is 0 Å². The third-order valence-corrected chi connectivity index (χ3v) is 4.89. The smallest absolute Gasteiger partial charge is 0.0627 e. The van der Waals surface area contributed by atoms with Crippen LogP contribution in [0.4, 0.5) is 0 Å². The maximum atomic E-state index is 9.27. The van der Waals surface area contributed by atoms with E-state index in [2.05, 4.69) is 62.2 Å². The summed E-state index contributed by atoms with van der Waals surface area (Å²) in [4.78, 5) is 2.42. The van der Waals surface area contributed by atoms with Gasteiger partial charge >= 0.3 is 0 Å². The molecule has 2 heteroatoms. The van der Waals surface area contributed by atoms with Crippen LogP contribution in [0.1, 0.15) is 32.3 Å². The minimum Gasteiger partial charge on any atom is -0.303 e. The van der Waals surface area contributed by atoms with Crippen LogP contribution in [0.3, 0.4) is 0 Å². The van der Waals surface area contributed by atoms with Crippen molar-refractivity contribution in [2.45, 2.75) is 39.2 Å². The molecule has 3 atom stereocenters. The molecule has 0 saturated carbocycles. The molecule has 0 radical (unpaired) electrons. The number of piperidine rings is 1. The monoisotopic (exact) mass is 256 g/mol. The fourth-order valence-corrected chi connectivity index (χ4v) is 3.47. The quantitative estimate of drug-likeness (QED) is 0.827. The summed E-state index contributed by atoms with van der Waals surface area (Å²) >= 11 is 0. The van der Waals surface area contributed by atoms with E-state index in [1.54, 1.807) is 0 Å². The van der Waals surface area contributed by atoms with Gasteiger partial charge in [0.25, 0.3) is 0 Å². The normalized spacial score (nSPS) is 31.9. The van der Waals surface area contributed by atoms with Gasteiger partial charge in [0, 0.05) is 19.0 Å². The zero-order valence-corrected chi connectivity index (χ0v) is 12.3. The lowest BCUT2D eigenvalue weighted by atomic mass is 9.64. The molecule has 0 aliphatic carbocycles. The lowest BCUT2D eigenvalue weighted by Crippen LogP contribution is -2.50. The van der Waals surface area contributed by atoms with Crippen LogP contribution in [0.25, 0.3) is 0 Å². The number of likely N-dealkylation sites (tertiary alicyclic amines) is 1. The lowest BCUT2D eigenvalue weighted by Gasteiger charge is -2.48. The van der Waals surface area contributed by atoms with Crippen LogP contribution < -0.4 is 0 Å². The fourth-order valence-electron chi connectivity index (χ4n) is 3.47. The number of nitrogens with zero attached hydrogens (tertiary/aromatic N) is 2. The minimum atomic E-state index is 0.141. The summed E-state index contributed by atoms with van der Waals surface area (Å²) in [6.07, 6.45) is 2.81. The van der Waals surface area contributed by atoms with Gasteiger partial charge in [-0.1, -0.05) is 37.3 Å². The molecule has 0 bridgehead atoms. The molecule has 1 fully saturated rings. The molecule has 0 unspecified atom stereocenters. The van der Waals surface area contributed by atoms with Crippen LogP contribution in [-0.4, -0.2) is 24.5 Å². The Hall–Kier alpha value is -1.33. The van der Waals surface area contributed by atoms with Crippen LogP contribution >= 0.6 is 0 Å². The molecule has 19 heavy (non-hydrogen) atoms. The van der Waals surface area contributed by atoms with Gasteiger partial charge in [0.05, 0.1) is 6.07 Å². The molecule has 1 saturated heterocycles. The summed E-state index contributed by atoms with van der Waals surface area (Å²) in [5.74, 6) is 0.563. The Labute approximate surface area is 117 Å². The molecular formula is C17H24N2. The second-order valence-corrected chi connectivity index (χ2v) is 6.25. The van der Waals surface area contributed by atoms with Crippen molar-refractivity contribution in [3.05, 3.63) is 35.9 Å². The highest BCUT2D eigenvalue weighted by Crippen LogP contribution is 2.44. The highest BCUT2D eigenvalue weighted by molar-refractivity contribution is 5.18. The summed E-state index contributed by atoms with van der Waals surface area (Å²) in [5.41, 5.74) is 1.50. The zero-order valence-electron chi connectivity index (χ0n) is 12.3. The van der Waals surface area contributed by atoms with Crippen molar-refractivity contribution in [2.75, 3.05) is 13.6 Å². The van der Waals surface area contributed by atoms with Crippen LogP contribution in [0.5, 0.6) is 0 Å². The van der Waals surface area contributed by atoms with E-state index in [9.17, 15) is 5.26 Å². The van der Waals surface area contributed by atoms with Gasteiger partial charge in [0.15, 0.2) is 0 Å². The molecule has 1 aliphatic heterocycles. The Morgan fingerprint density at radius 2 is 2.00 bits per heavy atom. The van der Waals surface area contributed by atoms with Gasteiger partial charge in [-0.05, 0) is 43.7 Å². The Morgan fingerprint density at radius 3 is 2.63 bits per heavy atom. The molecular weight excluding hydrogens is 232 g/mol. The molecule has 0 aromatic heterocycles. The maximum absolute atomic E-state index is 9.27. The first-order valence-corrected chi connectivity index (χ1v) is 7.18. The van der Waals surface area contributed by atoms with Gasteiger partial charge in [-0.15, -0.1) is 0 Å².